The van der Waals surface area contributed by atoms with Gasteiger partial charge in [0.1, 0.15) is 0 Å². The number of allylic oxidation sites excluding steroid dienone is 1. The molecule has 0 aromatic carbocycles. The van der Waals surface area contributed by atoms with Gasteiger partial charge < -0.3 is 5.73 Å². The van der Waals surface area contributed by atoms with Crippen molar-refractivity contribution < 1.29 is 0 Å². The van der Waals surface area contributed by atoms with E-state index in [9.17, 15) is 0 Å². The fourth-order valence-electron chi connectivity index (χ4n) is 1.09. The summed E-state index contributed by atoms with van der Waals surface area (Å²) < 4.78 is 0. The predicted octanol–water partition coefficient (Wildman–Crippen LogP) is 1.69. The lowest BCUT2D eigenvalue weighted by Crippen LogP contribution is -2.21. The van der Waals surface area contributed by atoms with E-state index in [1.54, 1.807) is 6.20 Å². The van der Waals surface area contributed by atoms with Gasteiger partial charge in [-0.15, -0.1) is 11.6 Å². The highest BCUT2D eigenvalue weighted by molar-refractivity contribution is 6.26. The lowest BCUT2D eigenvalue weighted by atomic mass is 9.98. The molecule has 0 bridgehead atoms. The van der Waals surface area contributed by atoms with Crippen LogP contribution in [-0.2, 0) is 0 Å². The second-order valence-electron chi connectivity index (χ2n) is 2.78. The van der Waals surface area contributed by atoms with Gasteiger partial charge in [0, 0.05) is 18.8 Å². The minimum Gasteiger partial charge on any atom is -0.330 e. The summed E-state index contributed by atoms with van der Waals surface area (Å²) in [5, 5.41) is 0. The van der Waals surface area contributed by atoms with Crippen molar-refractivity contribution >= 4 is 17.8 Å². The number of hydrogen-bond donors (Lipinski definition) is 1. The normalized spacial score (nSPS) is 29.3. The standard InChI is InChI=1S/C8H13ClN2/c9-8(2-1-5-10)3-6-11-7-4-8/h3,6-7H,1-2,4-5,10H2. The van der Waals surface area contributed by atoms with Crippen molar-refractivity contribution in [2.24, 2.45) is 10.7 Å². The third-order valence-electron chi connectivity index (χ3n) is 1.79. The maximum absolute atomic E-state index is 6.22. The molecule has 1 unspecified atom stereocenters. The molecule has 0 fully saturated rings. The molecular weight excluding hydrogens is 160 g/mol. The summed E-state index contributed by atoms with van der Waals surface area (Å²) in [6.45, 7) is 0.708. The molecule has 11 heavy (non-hydrogen) atoms. The molecule has 1 atom stereocenters. The Morgan fingerprint density at radius 3 is 3.00 bits per heavy atom. The SMILES string of the molecule is NCCCC1(Cl)C=CN=CC1. The highest BCUT2D eigenvalue weighted by Crippen LogP contribution is 2.28. The molecule has 3 heteroatoms. The Morgan fingerprint density at radius 1 is 1.64 bits per heavy atom. The van der Waals surface area contributed by atoms with E-state index in [1.807, 2.05) is 12.3 Å². The topological polar surface area (TPSA) is 38.4 Å². The van der Waals surface area contributed by atoms with Crippen LogP contribution in [-0.4, -0.2) is 17.6 Å². The average molecular weight is 173 g/mol. The van der Waals surface area contributed by atoms with Gasteiger partial charge in [-0.3, -0.25) is 4.99 Å². The Hall–Kier alpha value is -0.340. The molecule has 0 aromatic heterocycles. The number of nitrogens with two attached hydrogens (primary N) is 1. The van der Waals surface area contributed by atoms with Crippen LogP contribution in [0, 0.1) is 0 Å². The van der Waals surface area contributed by atoms with Crippen molar-refractivity contribution in [3.63, 3.8) is 0 Å². The average Bonchev–Trinajstić information content (AvgIpc) is 2.03. The largest absolute Gasteiger partial charge is 0.330 e. The minimum absolute atomic E-state index is 0.207. The number of hydrogen-bond acceptors (Lipinski definition) is 2. The first-order chi connectivity index (χ1) is 5.27. The summed E-state index contributed by atoms with van der Waals surface area (Å²) in [5.74, 6) is 0. The predicted molar refractivity (Wildman–Crippen MR) is 49.1 cm³/mol. The lowest BCUT2D eigenvalue weighted by molar-refractivity contribution is 0.617. The zero-order valence-electron chi connectivity index (χ0n) is 6.46. The number of nitrogens with zero attached hydrogens (tertiary/aromatic N) is 1. The Kier molecular flexibility index (Phi) is 3.09. The van der Waals surface area contributed by atoms with E-state index >= 15 is 0 Å². The van der Waals surface area contributed by atoms with Gasteiger partial charge in [-0.05, 0) is 25.5 Å². The lowest BCUT2D eigenvalue weighted by Gasteiger charge is -2.22. The molecule has 0 spiro atoms. The zero-order chi connectivity index (χ0) is 8.16. The molecule has 62 valence electrons. The van der Waals surface area contributed by atoms with Crippen LogP contribution in [0.5, 0.6) is 0 Å². The van der Waals surface area contributed by atoms with Gasteiger partial charge in [0.05, 0.1) is 4.87 Å². The van der Waals surface area contributed by atoms with Crippen LogP contribution in [0.15, 0.2) is 17.3 Å². The summed E-state index contributed by atoms with van der Waals surface area (Å²) >= 11 is 6.22. The molecular formula is C8H13ClN2. The summed E-state index contributed by atoms with van der Waals surface area (Å²) in [7, 11) is 0. The third kappa shape index (κ3) is 2.64. The summed E-state index contributed by atoms with van der Waals surface area (Å²) in [5.41, 5.74) is 5.39. The first kappa shape index (κ1) is 8.75. The number of alkyl halides is 1. The fourth-order valence-corrected chi connectivity index (χ4v) is 1.35. The number of aliphatic imine (C=N–C) groups is 1. The molecule has 0 radical (unpaired) electrons. The van der Waals surface area contributed by atoms with Gasteiger partial charge in [-0.1, -0.05) is 0 Å². The molecule has 1 rings (SSSR count). The Labute approximate surface area is 72.1 Å². The van der Waals surface area contributed by atoms with E-state index in [4.69, 9.17) is 17.3 Å². The van der Waals surface area contributed by atoms with Crippen molar-refractivity contribution in [3.8, 4) is 0 Å². The van der Waals surface area contributed by atoms with E-state index in [0.29, 0.717) is 6.54 Å². The highest BCUT2D eigenvalue weighted by atomic mass is 35.5. The molecule has 0 aliphatic carbocycles. The van der Waals surface area contributed by atoms with Crippen LogP contribution in [0.1, 0.15) is 19.3 Å². The molecule has 2 nitrogen and oxygen atoms in total. The molecule has 0 aromatic rings. The highest BCUT2D eigenvalue weighted by Gasteiger charge is 2.23. The zero-order valence-corrected chi connectivity index (χ0v) is 7.22. The maximum atomic E-state index is 6.22. The van der Waals surface area contributed by atoms with E-state index in [0.717, 1.165) is 19.3 Å². The van der Waals surface area contributed by atoms with Gasteiger partial charge in [-0.2, -0.15) is 0 Å². The summed E-state index contributed by atoms with van der Waals surface area (Å²) in [6.07, 6.45) is 8.29. The van der Waals surface area contributed by atoms with Gasteiger partial charge in [0.15, 0.2) is 0 Å². The number of rotatable bonds is 3. The smallest absolute Gasteiger partial charge is 0.0693 e. The van der Waals surface area contributed by atoms with Crippen molar-refractivity contribution in [2.75, 3.05) is 6.54 Å². The summed E-state index contributed by atoms with van der Waals surface area (Å²) in [6, 6.07) is 0. The first-order valence-corrected chi connectivity index (χ1v) is 4.23. The van der Waals surface area contributed by atoms with Gasteiger partial charge in [0.25, 0.3) is 0 Å². The van der Waals surface area contributed by atoms with E-state index in [2.05, 4.69) is 4.99 Å². The first-order valence-electron chi connectivity index (χ1n) is 3.85. The molecule has 0 amide bonds. The van der Waals surface area contributed by atoms with E-state index in [1.165, 1.54) is 0 Å². The molecule has 1 heterocycles. The molecule has 0 saturated carbocycles. The van der Waals surface area contributed by atoms with Crippen LogP contribution in [0.4, 0.5) is 0 Å². The van der Waals surface area contributed by atoms with Crippen LogP contribution in [0.25, 0.3) is 0 Å². The second-order valence-corrected chi connectivity index (χ2v) is 3.53. The van der Waals surface area contributed by atoms with Crippen LogP contribution in [0.3, 0.4) is 0 Å². The summed E-state index contributed by atoms with van der Waals surface area (Å²) in [4.78, 5) is 3.75. The monoisotopic (exact) mass is 172 g/mol. The van der Waals surface area contributed by atoms with Crippen molar-refractivity contribution in [1.82, 2.24) is 0 Å². The van der Waals surface area contributed by atoms with E-state index in [-0.39, 0.29) is 4.87 Å². The second kappa shape index (κ2) is 3.88. The van der Waals surface area contributed by atoms with Crippen molar-refractivity contribution in [2.45, 2.75) is 24.1 Å². The molecule has 2 N–H and O–H groups in total. The number of halogens is 1. The van der Waals surface area contributed by atoms with Gasteiger partial charge in [-0.25, -0.2) is 0 Å². The van der Waals surface area contributed by atoms with Crippen molar-refractivity contribution in [3.05, 3.63) is 12.3 Å². The van der Waals surface area contributed by atoms with Crippen LogP contribution in [0.2, 0.25) is 0 Å². The van der Waals surface area contributed by atoms with Crippen molar-refractivity contribution in [1.29, 1.82) is 0 Å². The molecule has 1 aliphatic rings. The maximum Gasteiger partial charge on any atom is 0.0693 e. The fraction of sp³-hybridized carbons (Fsp3) is 0.625. The Balaban J connectivity index is 2.40. The van der Waals surface area contributed by atoms with Gasteiger partial charge >= 0.3 is 0 Å². The molecule has 1 aliphatic heterocycles. The minimum atomic E-state index is -0.207. The third-order valence-corrected chi connectivity index (χ3v) is 2.26. The Morgan fingerprint density at radius 2 is 2.45 bits per heavy atom. The Bertz CT molecular complexity index is 177. The van der Waals surface area contributed by atoms with Crippen LogP contribution >= 0.6 is 11.6 Å². The van der Waals surface area contributed by atoms with Gasteiger partial charge in [0.2, 0.25) is 0 Å². The van der Waals surface area contributed by atoms with E-state index < -0.39 is 0 Å². The van der Waals surface area contributed by atoms with Crippen LogP contribution < -0.4 is 5.73 Å². The molecule has 0 saturated heterocycles. The quantitative estimate of drug-likeness (QED) is 0.647.